The Morgan fingerprint density at radius 2 is 2.29 bits per heavy atom. The number of carbonyl (C=O) groups excluding carboxylic acids is 1. The second-order valence-electron chi connectivity index (χ2n) is 3.55. The van der Waals surface area contributed by atoms with Gasteiger partial charge in [0.05, 0.1) is 0 Å². The van der Waals surface area contributed by atoms with Gasteiger partial charge in [0.15, 0.2) is 0 Å². The number of benzene rings is 1. The Morgan fingerprint density at radius 1 is 1.43 bits per heavy atom. The summed E-state index contributed by atoms with van der Waals surface area (Å²) in [6, 6.07) is 7.67. The molecule has 0 aromatic heterocycles. The van der Waals surface area contributed by atoms with Crippen LogP contribution in [0.4, 0.5) is 0 Å². The van der Waals surface area contributed by atoms with Gasteiger partial charge in [-0.3, -0.25) is 4.79 Å². The highest BCUT2D eigenvalue weighted by Gasteiger charge is 2.19. The lowest BCUT2D eigenvalue weighted by atomic mass is 10.2. The summed E-state index contributed by atoms with van der Waals surface area (Å²) in [7, 11) is 0. The molecule has 14 heavy (non-hydrogen) atoms. The van der Waals surface area contributed by atoms with Gasteiger partial charge in [-0.15, -0.1) is 0 Å². The fourth-order valence-electron chi connectivity index (χ4n) is 1.73. The summed E-state index contributed by atoms with van der Waals surface area (Å²) in [4.78, 5) is 13.2. The summed E-state index contributed by atoms with van der Waals surface area (Å²) < 4.78 is 0. The Morgan fingerprint density at radius 3 is 2.93 bits per heavy atom. The highest BCUT2D eigenvalue weighted by molar-refractivity contribution is 6.30. The number of carbonyl (C=O) groups is 1. The summed E-state index contributed by atoms with van der Waals surface area (Å²) in [6.07, 6.45) is 1.68. The van der Waals surface area contributed by atoms with Crippen molar-refractivity contribution >= 4 is 17.5 Å². The summed E-state index contributed by atoms with van der Waals surface area (Å²) in [6.45, 7) is 1.57. The minimum absolute atomic E-state index is 0.255. The van der Waals surface area contributed by atoms with Crippen LogP contribution in [0.5, 0.6) is 0 Å². The molecule has 0 atom stereocenters. The molecular weight excluding hydrogens is 198 g/mol. The number of amides is 1. The third-order valence-corrected chi connectivity index (χ3v) is 2.67. The molecule has 2 nitrogen and oxygen atoms in total. The Labute approximate surface area is 88.5 Å². The molecule has 0 unspecified atom stereocenters. The third-order valence-electron chi connectivity index (χ3n) is 2.43. The van der Waals surface area contributed by atoms with E-state index < -0.39 is 0 Å². The van der Waals surface area contributed by atoms with Gasteiger partial charge in [-0.25, -0.2) is 0 Å². The van der Waals surface area contributed by atoms with Gasteiger partial charge in [-0.2, -0.15) is 0 Å². The number of hydrogen-bond acceptors (Lipinski definition) is 1. The lowest BCUT2D eigenvalue weighted by Crippen LogP contribution is -2.23. The molecule has 2 rings (SSSR count). The van der Waals surface area contributed by atoms with E-state index >= 15 is 0 Å². The molecule has 1 amide bonds. The average molecular weight is 210 g/mol. The number of nitrogens with zero attached hydrogens (tertiary/aromatic N) is 1. The van der Waals surface area contributed by atoms with Crippen LogP contribution in [-0.4, -0.2) is 17.4 Å². The maximum Gasteiger partial charge on any atom is 0.222 e. The van der Waals surface area contributed by atoms with Crippen LogP contribution in [-0.2, 0) is 11.3 Å². The lowest BCUT2D eigenvalue weighted by Gasteiger charge is -2.15. The molecule has 0 bridgehead atoms. The first kappa shape index (κ1) is 9.53. The quantitative estimate of drug-likeness (QED) is 0.733. The first-order chi connectivity index (χ1) is 6.75. The van der Waals surface area contributed by atoms with Crippen LogP contribution >= 0.6 is 11.6 Å². The zero-order valence-corrected chi connectivity index (χ0v) is 8.63. The summed E-state index contributed by atoms with van der Waals surface area (Å²) in [5.41, 5.74) is 1.10. The van der Waals surface area contributed by atoms with Gasteiger partial charge >= 0.3 is 0 Å². The second kappa shape index (κ2) is 4.01. The monoisotopic (exact) mass is 209 g/mol. The van der Waals surface area contributed by atoms with Crippen molar-refractivity contribution in [2.75, 3.05) is 6.54 Å². The van der Waals surface area contributed by atoms with Crippen LogP contribution in [0.25, 0.3) is 0 Å². The Hall–Kier alpha value is -1.02. The van der Waals surface area contributed by atoms with Gasteiger partial charge < -0.3 is 4.90 Å². The van der Waals surface area contributed by atoms with Gasteiger partial charge in [0.1, 0.15) is 0 Å². The molecule has 0 radical (unpaired) electrons. The topological polar surface area (TPSA) is 20.3 Å². The molecule has 1 aliphatic rings. The van der Waals surface area contributed by atoms with E-state index in [0.717, 1.165) is 23.6 Å². The van der Waals surface area contributed by atoms with Crippen LogP contribution in [0.15, 0.2) is 24.3 Å². The highest BCUT2D eigenvalue weighted by Crippen LogP contribution is 2.16. The van der Waals surface area contributed by atoms with Crippen LogP contribution in [0.2, 0.25) is 5.02 Å². The maximum atomic E-state index is 11.4. The molecule has 3 heteroatoms. The van der Waals surface area contributed by atoms with E-state index in [9.17, 15) is 4.79 Å². The molecule has 0 N–H and O–H groups in total. The number of hydrogen-bond donors (Lipinski definition) is 0. The molecule has 1 saturated heterocycles. The van der Waals surface area contributed by atoms with Gasteiger partial charge in [0.2, 0.25) is 5.91 Å². The van der Waals surface area contributed by atoms with Crippen LogP contribution in [0.3, 0.4) is 0 Å². The zero-order valence-electron chi connectivity index (χ0n) is 7.87. The minimum atomic E-state index is 0.255. The van der Waals surface area contributed by atoms with Crippen molar-refractivity contribution in [3.8, 4) is 0 Å². The summed E-state index contributed by atoms with van der Waals surface area (Å²) in [5.74, 6) is 0.255. The Bertz CT molecular complexity index is 351. The first-order valence-electron chi connectivity index (χ1n) is 4.78. The van der Waals surface area contributed by atoms with Crippen molar-refractivity contribution in [1.29, 1.82) is 0 Å². The predicted octanol–water partition coefficient (Wildman–Crippen LogP) is 2.46. The zero-order chi connectivity index (χ0) is 9.97. The SMILES string of the molecule is O=C1CCCN1Cc1cccc(Cl)c1. The van der Waals surface area contributed by atoms with Crippen molar-refractivity contribution in [2.45, 2.75) is 19.4 Å². The minimum Gasteiger partial charge on any atom is -0.338 e. The van der Waals surface area contributed by atoms with Crippen LogP contribution in [0, 0.1) is 0 Å². The van der Waals surface area contributed by atoms with Crippen LogP contribution in [0.1, 0.15) is 18.4 Å². The molecule has 1 fully saturated rings. The van der Waals surface area contributed by atoms with Crippen molar-refractivity contribution in [3.05, 3.63) is 34.9 Å². The number of rotatable bonds is 2. The fraction of sp³-hybridized carbons (Fsp3) is 0.364. The Balaban J connectivity index is 2.07. The lowest BCUT2D eigenvalue weighted by molar-refractivity contribution is -0.128. The molecule has 1 heterocycles. The largest absolute Gasteiger partial charge is 0.338 e. The van der Waals surface area contributed by atoms with E-state index in [4.69, 9.17) is 11.6 Å². The first-order valence-corrected chi connectivity index (χ1v) is 5.16. The molecule has 1 aromatic rings. The second-order valence-corrected chi connectivity index (χ2v) is 3.99. The Kier molecular flexibility index (Phi) is 2.73. The average Bonchev–Trinajstić information content (AvgIpc) is 2.52. The van der Waals surface area contributed by atoms with Crippen molar-refractivity contribution in [1.82, 2.24) is 4.90 Å². The maximum absolute atomic E-state index is 11.4. The molecule has 0 aliphatic carbocycles. The van der Waals surface area contributed by atoms with E-state index in [-0.39, 0.29) is 5.91 Å². The van der Waals surface area contributed by atoms with Gasteiger partial charge in [-0.1, -0.05) is 23.7 Å². The highest BCUT2D eigenvalue weighted by atomic mass is 35.5. The van der Waals surface area contributed by atoms with Gasteiger partial charge in [-0.05, 0) is 24.1 Å². The molecule has 1 aliphatic heterocycles. The van der Waals surface area contributed by atoms with E-state index in [0.29, 0.717) is 13.0 Å². The summed E-state index contributed by atoms with van der Waals surface area (Å²) in [5, 5.41) is 0.731. The van der Waals surface area contributed by atoms with E-state index in [1.807, 2.05) is 29.2 Å². The van der Waals surface area contributed by atoms with Gasteiger partial charge in [0.25, 0.3) is 0 Å². The fourth-order valence-corrected chi connectivity index (χ4v) is 1.94. The smallest absolute Gasteiger partial charge is 0.222 e. The van der Waals surface area contributed by atoms with Crippen molar-refractivity contribution < 1.29 is 4.79 Å². The van der Waals surface area contributed by atoms with Gasteiger partial charge in [0, 0.05) is 24.5 Å². The normalized spacial score (nSPS) is 16.4. The third kappa shape index (κ3) is 2.07. The van der Waals surface area contributed by atoms with Crippen molar-refractivity contribution in [3.63, 3.8) is 0 Å². The van der Waals surface area contributed by atoms with Crippen molar-refractivity contribution in [2.24, 2.45) is 0 Å². The molecular formula is C11H12ClNO. The number of halogens is 1. The van der Waals surface area contributed by atoms with E-state index in [1.165, 1.54) is 0 Å². The standard InChI is InChI=1S/C11H12ClNO/c12-10-4-1-3-9(7-10)8-13-6-2-5-11(13)14/h1,3-4,7H,2,5-6,8H2. The molecule has 0 spiro atoms. The molecule has 0 saturated carbocycles. The van der Waals surface area contributed by atoms with E-state index in [2.05, 4.69) is 0 Å². The predicted molar refractivity (Wildman–Crippen MR) is 56.1 cm³/mol. The van der Waals surface area contributed by atoms with Crippen LogP contribution < -0.4 is 0 Å². The molecule has 74 valence electrons. The molecule has 1 aromatic carbocycles. The van der Waals surface area contributed by atoms with E-state index in [1.54, 1.807) is 0 Å². The summed E-state index contributed by atoms with van der Waals surface area (Å²) >= 11 is 5.86. The number of likely N-dealkylation sites (tertiary alicyclic amines) is 1.